The van der Waals surface area contributed by atoms with Gasteiger partial charge in [0.2, 0.25) is 5.91 Å². The van der Waals surface area contributed by atoms with E-state index < -0.39 is 0 Å². The second-order valence-corrected chi connectivity index (χ2v) is 5.73. The Balaban J connectivity index is 1.76. The van der Waals surface area contributed by atoms with Gasteiger partial charge in [-0.15, -0.1) is 0 Å². The average molecular weight is 310 g/mol. The SMILES string of the molecule is Cc1c(Cl)cccc1NC(=O)Cc1ccc2ccccc2c1. The second-order valence-electron chi connectivity index (χ2n) is 5.32. The lowest BCUT2D eigenvalue weighted by Crippen LogP contribution is -2.15. The maximum absolute atomic E-state index is 12.2. The summed E-state index contributed by atoms with van der Waals surface area (Å²) in [6.45, 7) is 1.90. The monoisotopic (exact) mass is 309 g/mol. The van der Waals surface area contributed by atoms with Gasteiger partial charge in [-0.25, -0.2) is 0 Å². The summed E-state index contributed by atoms with van der Waals surface area (Å²) in [5.41, 5.74) is 2.64. The zero-order chi connectivity index (χ0) is 15.5. The van der Waals surface area contributed by atoms with Crippen LogP contribution >= 0.6 is 11.6 Å². The third kappa shape index (κ3) is 3.12. The van der Waals surface area contributed by atoms with Gasteiger partial charge in [-0.2, -0.15) is 0 Å². The number of nitrogens with one attached hydrogen (secondary N) is 1. The fraction of sp³-hybridized carbons (Fsp3) is 0.105. The van der Waals surface area contributed by atoms with Gasteiger partial charge in [0.05, 0.1) is 6.42 Å². The number of anilines is 1. The number of carbonyl (C=O) groups excluding carboxylic acids is 1. The van der Waals surface area contributed by atoms with Crippen LogP contribution in [-0.2, 0) is 11.2 Å². The first-order chi connectivity index (χ1) is 10.6. The third-order valence-electron chi connectivity index (χ3n) is 3.72. The van der Waals surface area contributed by atoms with Crippen molar-refractivity contribution in [1.82, 2.24) is 0 Å². The van der Waals surface area contributed by atoms with Crippen LogP contribution in [0.3, 0.4) is 0 Å². The molecule has 0 radical (unpaired) electrons. The number of carbonyl (C=O) groups is 1. The van der Waals surface area contributed by atoms with Crippen LogP contribution in [0.15, 0.2) is 60.7 Å². The molecule has 3 aromatic rings. The van der Waals surface area contributed by atoms with Crippen LogP contribution in [0.1, 0.15) is 11.1 Å². The molecule has 0 heterocycles. The fourth-order valence-electron chi connectivity index (χ4n) is 2.47. The lowest BCUT2D eigenvalue weighted by molar-refractivity contribution is -0.115. The highest BCUT2D eigenvalue weighted by molar-refractivity contribution is 6.31. The van der Waals surface area contributed by atoms with Crippen molar-refractivity contribution in [3.8, 4) is 0 Å². The van der Waals surface area contributed by atoms with Gasteiger partial charge in [0, 0.05) is 10.7 Å². The summed E-state index contributed by atoms with van der Waals surface area (Å²) in [5, 5.41) is 5.90. The maximum atomic E-state index is 12.2. The highest BCUT2D eigenvalue weighted by atomic mass is 35.5. The van der Waals surface area contributed by atoms with Gasteiger partial charge in [-0.1, -0.05) is 60.1 Å². The molecule has 22 heavy (non-hydrogen) atoms. The molecule has 110 valence electrons. The third-order valence-corrected chi connectivity index (χ3v) is 4.13. The van der Waals surface area contributed by atoms with Gasteiger partial charge in [-0.05, 0) is 41.0 Å². The van der Waals surface area contributed by atoms with Crippen LogP contribution in [0.25, 0.3) is 10.8 Å². The molecule has 0 aliphatic rings. The van der Waals surface area contributed by atoms with E-state index in [9.17, 15) is 4.79 Å². The number of hydrogen-bond acceptors (Lipinski definition) is 1. The van der Waals surface area contributed by atoms with E-state index in [2.05, 4.69) is 23.5 Å². The van der Waals surface area contributed by atoms with Gasteiger partial charge in [0.25, 0.3) is 0 Å². The molecule has 3 heteroatoms. The van der Waals surface area contributed by atoms with Gasteiger partial charge in [0.1, 0.15) is 0 Å². The van der Waals surface area contributed by atoms with E-state index in [1.807, 2.05) is 49.4 Å². The normalized spacial score (nSPS) is 10.6. The molecular formula is C19H16ClNO. The van der Waals surface area contributed by atoms with Crippen molar-refractivity contribution in [2.24, 2.45) is 0 Å². The number of fused-ring (bicyclic) bond motifs is 1. The zero-order valence-corrected chi connectivity index (χ0v) is 13.0. The molecule has 0 spiro atoms. The number of amides is 1. The van der Waals surface area contributed by atoms with Crippen molar-refractivity contribution in [2.45, 2.75) is 13.3 Å². The van der Waals surface area contributed by atoms with Crippen LogP contribution in [-0.4, -0.2) is 5.91 Å². The van der Waals surface area contributed by atoms with E-state index in [1.54, 1.807) is 0 Å². The zero-order valence-electron chi connectivity index (χ0n) is 12.3. The Morgan fingerprint density at radius 3 is 2.59 bits per heavy atom. The lowest BCUT2D eigenvalue weighted by atomic mass is 10.0. The molecule has 0 saturated heterocycles. The fourth-order valence-corrected chi connectivity index (χ4v) is 2.65. The molecule has 0 aliphatic carbocycles. The molecule has 0 atom stereocenters. The van der Waals surface area contributed by atoms with E-state index >= 15 is 0 Å². The van der Waals surface area contributed by atoms with Crippen molar-refractivity contribution < 1.29 is 4.79 Å². The highest BCUT2D eigenvalue weighted by Gasteiger charge is 2.08. The van der Waals surface area contributed by atoms with Crippen molar-refractivity contribution in [3.63, 3.8) is 0 Å². The molecule has 0 unspecified atom stereocenters. The molecule has 0 fully saturated rings. The molecule has 3 rings (SSSR count). The number of halogens is 1. The van der Waals surface area contributed by atoms with E-state index in [0.717, 1.165) is 22.2 Å². The second kappa shape index (κ2) is 6.20. The first kappa shape index (κ1) is 14.6. The minimum atomic E-state index is -0.0411. The largest absolute Gasteiger partial charge is 0.326 e. The standard InChI is InChI=1S/C19H16ClNO/c1-13-17(20)7-4-8-18(13)21-19(22)12-14-9-10-15-5-2-3-6-16(15)11-14/h2-11H,12H2,1H3,(H,21,22). The maximum Gasteiger partial charge on any atom is 0.228 e. The molecule has 0 bridgehead atoms. The molecule has 0 aromatic heterocycles. The van der Waals surface area contributed by atoms with E-state index in [1.165, 1.54) is 5.39 Å². The first-order valence-electron chi connectivity index (χ1n) is 7.16. The van der Waals surface area contributed by atoms with Crippen LogP contribution < -0.4 is 5.32 Å². The van der Waals surface area contributed by atoms with Crippen LogP contribution in [0, 0.1) is 6.92 Å². The van der Waals surface area contributed by atoms with Gasteiger partial charge in [-0.3, -0.25) is 4.79 Å². The molecule has 3 aromatic carbocycles. The number of rotatable bonds is 3. The van der Waals surface area contributed by atoms with Crippen molar-refractivity contribution in [1.29, 1.82) is 0 Å². The lowest BCUT2D eigenvalue weighted by Gasteiger charge is -2.10. The van der Waals surface area contributed by atoms with Crippen LogP contribution in [0.4, 0.5) is 5.69 Å². The summed E-state index contributed by atoms with van der Waals surface area (Å²) in [6, 6.07) is 19.7. The number of benzene rings is 3. The predicted octanol–water partition coefficient (Wildman–Crippen LogP) is 4.98. The molecule has 0 aliphatic heterocycles. The Morgan fingerprint density at radius 2 is 1.77 bits per heavy atom. The van der Waals surface area contributed by atoms with Crippen molar-refractivity contribution in [2.75, 3.05) is 5.32 Å². The minimum absolute atomic E-state index is 0.0411. The van der Waals surface area contributed by atoms with Crippen LogP contribution in [0.5, 0.6) is 0 Å². The average Bonchev–Trinajstić information content (AvgIpc) is 2.52. The van der Waals surface area contributed by atoms with Crippen LogP contribution in [0.2, 0.25) is 5.02 Å². The highest BCUT2D eigenvalue weighted by Crippen LogP contribution is 2.23. The summed E-state index contributed by atoms with van der Waals surface area (Å²) < 4.78 is 0. The summed E-state index contributed by atoms with van der Waals surface area (Å²) >= 11 is 6.07. The van der Waals surface area contributed by atoms with E-state index in [4.69, 9.17) is 11.6 Å². The topological polar surface area (TPSA) is 29.1 Å². The molecular weight excluding hydrogens is 294 g/mol. The molecule has 1 amide bonds. The predicted molar refractivity (Wildman–Crippen MR) is 92.5 cm³/mol. The van der Waals surface area contributed by atoms with Gasteiger partial charge in [0.15, 0.2) is 0 Å². The Bertz CT molecular complexity index is 842. The summed E-state index contributed by atoms with van der Waals surface area (Å²) in [7, 11) is 0. The molecule has 1 N–H and O–H groups in total. The first-order valence-corrected chi connectivity index (χ1v) is 7.54. The van der Waals surface area contributed by atoms with Gasteiger partial charge < -0.3 is 5.32 Å². The summed E-state index contributed by atoms with van der Waals surface area (Å²) in [6.07, 6.45) is 0.344. The van der Waals surface area contributed by atoms with Crippen molar-refractivity contribution >= 4 is 34.0 Å². The van der Waals surface area contributed by atoms with E-state index in [-0.39, 0.29) is 5.91 Å². The Labute approximate surface area is 134 Å². The molecule has 2 nitrogen and oxygen atoms in total. The number of hydrogen-bond donors (Lipinski definition) is 1. The van der Waals surface area contributed by atoms with E-state index in [0.29, 0.717) is 11.4 Å². The van der Waals surface area contributed by atoms with Gasteiger partial charge >= 0.3 is 0 Å². The quantitative estimate of drug-likeness (QED) is 0.726. The van der Waals surface area contributed by atoms with Crippen molar-refractivity contribution in [3.05, 3.63) is 76.8 Å². The molecule has 0 saturated carbocycles. The minimum Gasteiger partial charge on any atom is -0.326 e. The summed E-state index contributed by atoms with van der Waals surface area (Å²) in [4.78, 5) is 12.2. The Morgan fingerprint density at radius 1 is 1.00 bits per heavy atom. The summed E-state index contributed by atoms with van der Waals surface area (Å²) in [5.74, 6) is -0.0411. The Hall–Kier alpha value is -2.32. The smallest absolute Gasteiger partial charge is 0.228 e. The Kier molecular flexibility index (Phi) is 4.12.